The van der Waals surface area contributed by atoms with Crippen LogP contribution in [0.25, 0.3) is 11.4 Å². The smallest absolute Gasteiger partial charge is 0.227 e. The van der Waals surface area contributed by atoms with Crippen LogP contribution < -0.4 is 5.32 Å². The van der Waals surface area contributed by atoms with Crippen molar-refractivity contribution in [2.24, 2.45) is 0 Å². The molecule has 0 aliphatic carbocycles. The highest BCUT2D eigenvalue weighted by molar-refractivity contribution is 6.30. The number of nitrogens with one attached hydrogen (secondary N) is 1. The summed E-state index contributed by atoms with van der Waals surface area (Å²) in [4.78, 5) is 16.9. The normalized spacial score (nSPS) is 12.2. The molecule has 0 aliphatic rings. The first kappa shape index (κ1) is 22.0. The second-order valence-electron chi connectivity index (χ2n) is 9.31. The molecule has 0 aliphatic heterocycles. The molecular weight excluding hydrogens is 402 g/mol. The average Bonchev–Trinajstić information content (AvgIpc) is 3.27. The van der Waals surface area contributed by atoms with Gasteiger partial charge in [-0.05, 0) is 45.0 Å². The number of carbonyl (C=O) groups excluding carboxylic acids is 1. The summed E-state index contributed by atoms with van der Waals surface area (Å²) in [7, 11) is 0. The number of nitrogens with zero attached hydrogens (tertiary/aromatic N) is 4. The molecule has 0 unspecified atom stereocenters. The van der Waals surface area contributed by atoms with Gasteiger partial charge in [0.25, 0.3) is 0 Å². The summed E-state index contributed by atoms with van der Waals surface area (Å²) in [6.07, 6.45) is 0.574. The number of benzene rings is 1. The van der Waals surface area contributed by atoms with Crippen LogP contribution in [-0.2, 0) is 22.2 Å². The first-order valence-electron chi connectivity index (χ1n) is 9.93. The Balaban J connectivity index is 1.67. The van der Waals surface area contributed by atoms with Crippen molar-refractivity contribution in [3.8, 4) is 11.4 Å². The SMILES string of the molecule is CC(C)(C)c1cc(NC(=O)CCc2nc(-c3ccc(Cl)cc3)no2)n(C(C)(C)C)n1. The number of amides is 1. The number of halogens is 1. The Morgan fingerprint density at radius 2 is 1.80 bits per heavy atom. The number of rotatable bonds is 5. The van der Waals surface area contributed by atoms with E-state index in [4.69, 9.17) is 21.2 Å². The Hall–Kier alpha value is -2.67. The number of anilines is 1. The molecule has 2 aromatic heterocycles. The van der Waals surface area contributed by atoms with Crippen LogP contribution in [0.5, 0.6) is 0 Å². The van der Waals surface area contributed by atoms with Crippen LogP contribution >= 0.6 is 11.6 Å². The zero-order valence-corrected chi connectivity index (χ0v) is 19.0. The molecule has 8 heteroatoms. The van der Waals surface area contributed by atoms with Crippen LogP contribution in [0.4, 0.5) is 5.82 Å². The van der Waals surface area contributed by atoms with E-state index in [1.165, 1.54) is 0 Å². The van der Waals surface area contributed by atoms with E-state index in [1.807, 2.05) is 22.9 Å². The number of hydrogen-bond acceptors (Lipinski definition) is 5. The molecule has 0 spiro atoms. The first-order chi connectivity index (χ1) is 13.9. The van der Waals surface area contributed by atoms with Crippen LogP contribution in [-0.4, -0.2) is 25.8 Å². The van der Waals surface area contributed by atoms with E-state index in [0.717, 1.165) is 11.3 Å². The first-order valence-corrected chi connectivity index (χ1v) is 10.3. The predicted molar refractivity (Wildman–Crippen MR) is 118 cm³/mol. The molecule has 0 atom stereocenters. The average molecular weight is 430 g/mol. The van der Waals surface area contributed by atoms with E-state index in [0.29, 0.717) is 29.0 Å². The lowest BCUT2D eigenvalue weighted by molar-refractivity contribution is -0.116. The molecule has 1 aromatic carbocycles. The Labute approximate surface area is 181 Å². The van der Waals surface area contributed by atoms with Gasteiger partial charge in [-0.25, -0.2) is 4.68 Å². The van der Waals surface area contributed by atoms with E-state index < -0.39 is 0 Å². The molecule has 3 rings (SSSR count). The number of carbonyl (C=O) groups is 1. The fraction of sp³-hybridized carbons (Fsp3) is 0.455. The lowest BCUT2D eigenvalue weighted by Crippen LogP contribution is -2.27. The highest BCUT2D eigenvalue weighted by atomic mass is 35.5. The summed E-state index contributed by atoms with van der Waals surface area (Å²) in [6.45, 7) is 12.5. The molecule has 0 bridgehead atoms. The minimum absolute atomic E-state index is 0.113. The van der Waals surface area contributed by atoms with Gasteiger partial charge in [-0.15, -0.1) is 0 Å². The zero-order valence-electron chi connectivity index (χ0n) is 18.3. The summed E-state index contributed by atoms with van der Waals surface area (Å²) in [5.41, 5.74) is 1.36. The van der Waals surface area contributed by atoms with Gasteiger partial charge in [-0.2, -0.15) is 10.1 Å². The van der Waals surface area contributed by atoms with Gasteiger partial charge >= 0.3 is 0 Å². The topological polar surface area (TPSA) is 85.8 Å². The van der Waals surface area contributed by atoms with Gasteiger partial charge in [0.2, 0.25) is 17.6 Å². The van der Waals surface area contributed by atoms with Gasteiger partial charge in [0.1, 0.15) is 5.82 Å². The van der Waals surface area contributed by atoms with Crippen molar-refractivity contribution in [2.75, 3.05) is 5.32 Å². The Morgan fingerprint density at radius 3 is 2.40 bits per heavy atom. The third kappa shape index (κ3) is 5.27. The molecule has 3 aromatic rings. The fourth-order valence-corrected chi connectivity index (χ4v) is 2.97. The second kappa shape index (κ2) is 8.22. The Kier molecular flexibility index (Phi) is 6.04. The molecule has 2 heterocycles. The molecule has 0 radical (unpaired) electrons. The largest absolute Gasteiger partial charge is 0.339 e. The predicted octanol–water partition coefficient (Wildman–Crippen LogP) is 5.21. The van der Waals surface area contributed by atoms with E-state index in [1.54, 1.807) is 12.1 Å². The Morgan fingerprint density at radius 1 is 1.13 bits per heavy atom. The van der Waals surface area contributed by atoms with Crippen LogP contribution in [0, 0.1) is 0 Å². The monoisotopic (exact) mass is 429 g/mol. The molecule has 1 N–H and O–H groups in total. The molecule has 0 saturated carbocycles. The molecule has 1 amide bonds. The van der Waals surface area contributed by atoms with E-state index in [-0.39, 0.29) is 23.3 Å². The molecule has 160 valence electrons. The van der Waals surface area contributed by atoms with Crippen LogP contribution in [0.1, 0.15) is 59.5 Å². The van der Waals surface area contributed by atoms with Gasteiger partial charge in [0.15, 0.2) is 0 Å². The van der Waals surface area contributed by atoms with Crippen LogP contribution in [0.2, 0.25) is 5.02 Å². The van der Waals surface area contributed by atoms with Crippen LogP contribution in [0.15, 0.2) is 34.9 Å². The van der Waals surface area contributed by atoms with Crippen molar-refractivity contribution < 1.29 is 9.32 Å². The minimum Gasteiger partial charge on any atom is -0.339 e. The van der Waals surface area contributed by atoms with Crippen molar-refractivity contribution in [3.63, 3.8) is 0 Å². The molecule has 7 nitrogen and oxygen atoms in total. The van der Waals surface area contributed by atoms with Crippen molar-refractivity contribution >= 4 is 23.3 Å². The minimum atomic E-state index is -0.258. The molecule has 0 fully saturated rings. The maximum atomic E-state index is 12.6. The maximum Gasteiger partial charge on any atom is 0.227 e. The van der Waals surface area contributed by atoms with Gasteiger partial charge in [0.05, 0.1) is 11.2 Å². The van der Waals surface area contributed by atoms with E-state index >= 15 is 0 Å². The summed E-state index contributed by atoms with van der Waals surface area (Å²) >= 11 is 5.91. The quantitative estimate of drug-likeness (QED) is 0.601. The zero-order chi connectivity index (χ0) is 22.1. The van der Waals surface area contributed by atoms with Crippen molar-refractivity contribution in [2.45, 2.75) is 65.3 Å². The number of aryl methyl sites for hydroxylation is 1. The molecule has 0 saturated heterocycles. The number of hydrogen-bond donors (Lipinski definition) is 1. The van der Waals surface area contributed by atoms with Gasteiger partial charge in [0, 0.05) is 34.9 Å². The second-order valence-corrected chi connectivity index (χ2v) is 9.75. The molecular formula is C22H28ClN5O2. The Bertz CT molecular complexity index is 1020. The lowest BCUT2D eigenvalue weighted by atomic mass is 9.92. The van der Waals surface area contributed by atoms with Gasteiger partial charge < -0.3 is 9.84 Å². The van der Waals surface area contributed by atoms with Crippen molar-refractivity contribution in [1.82, 2.24) is 19.9 Å². The standard InChI is InChI=1S/C22H28ClN5O2/c1-21(2,3)16-13-17(28(26-16)22(4,5)6)24-18(29)11-12-19-25-20(27-30-19)14-7-9-15(23)10-8-14/h7-10,13H,11-12H2,1-6H3,(H,24,29). The summed E-state index contributed by atoms with van der Waals surface area (Å²) in [5, 5.41) is 12.3. The molecule has 30 heavy (non-hydrogen) atoms. The summed E-state index contributed by atoms with van der Waals surface area (Å²) < 4.78 is 7.14. The van der Waals surface area contributed by atoms with E-state index in [9.17, 15) is 4.79 Å². The summed E-state index contributed by atoms with van der Waals surface area (Å²) in [5.74, 6) is 1.44. The lowest BCUT2D eigenvalue weighted by Gasteiger charge is -2.23. The van der Waals surface area contributed by atoms with Gasteiger partial charge in [-0.1, -0.05) is 37.5 Å². The third-order valence-electron chi connectivity index (χ3n) is 4.52. The van der Waals surface area contributed by atoms with Gasteiger partial charge in [-0.3, -0.25) is 4.79 Å². The summed E-state index contributed by atoms with van der Waals surface area (Å²) in [6, 6.07) is 9.12. The fourth-order valence-electron chi connectivity index (χ4n) is 2.85. The highest BCUT2D eigenvalue weighted by Gasteiger charge is 2.25. The van der Waals surface area contributed by atoms with Crippen molar-refractivity contribution in [3.05, 3.63) is 46.9 Å². The number of aromatic nitrogens is 4. The highest BCUT2D eigenvalue weighted by Crippen LogP contribution is 2.28. The van der Waals surface area contributed by atoms with Crippen molar-refractivity contribution in [1.29, 1.82) is 0 Å². The third-order valence-corrected chi connectivity index (χ3v) is 4.77. The van der Waals surface area contributed by atoms with Crippen LogP contribution in [0.3, 0.4) is 0 Å². The maximum absolute atomic E-state index is 12.6. The van der Waals surface area contributed by atoms with E-state index in [2.05, 4.69) is 57.0 Å².